The van der Waals surface area contributed by atoms with Gasteiger partial charge in [-0.3, -0.25) is 4.79 Å². The monoisotopic (exact) mass is 393 g/mol. The van der Waals surface area contributed by atoms with Gasteiger partial charge in [0, 0.05) is 10.7 Å². The molecule has 0 saturated carbocycles. The Kier molecular flexibility index (Phi) is 4.97. The second kappa shape index (κ2) is 7.08. The van der Waals surface area contributed by atoms with Gasteiger partial charge in [0.15, 0.2) is 5.69 Å². The summed E-state index contributed by atoms with van der Waals surface area (Å²) >= 11 is 5.87. The Bertz CT molecular complexity index is 991. The van der Waals surface area contributed by atoms with Crippen LogP contribution in [0.2, 0.25) is 5.02 Å². The first-order valence-corrected chi connectivity index (χ1v) is 8.34. The number of carbonyl (C=O) groups is 1. The molecule has 0 radical (unpaired) electrons. The van der Waals surface area contributed by atoms with Gasteiger partial charge < -0.3 is 5.32 Å². The molecule has 27 heavy (non-hydrogen) atoms. The summed E-state index contributed by atoms with van der Waals surface area (Å²) in [4.78, 5) is 12.5. The van der Waals surface area contributed by atoms with Crippen LogP contribution in [0.15, 0.2) is 48.7 Å². The predicted octanol–water partition coefficient (Wildman–Crippen LogP) is 5.41. The molecule has 1 N–H and O–H groups in total. The molecule has 1 heterocycles. The SMILES string of the molecule is Cc1cc(C)cc(NC(=O)c2cnn(-c3cccc(Cl)c3)c2C(F)(F)F)c1. The van der Waals surface area contributed by atoms with Gasteiger partial charge in [-0.2, -0.15) is 18.3 Å². The van der Waals surface area contributed by atoms with Gasteiger partial charge in [-0.15, -0.1) is 0 Å². The predicted molar refractivity (Wildman–Crippen MR) is 97.4 cm³/mol. The Morgan fingerprint density at radius 2 is 1.78 bits per heavy atom. The number of rotatable bonds is 3. The topological polar surface area (TPSA) is 46.9 Å². The van der Waals surface area contributed by atoms with E-state index in [9.17, 15) is 18.0 Å². The van der Waals surface area contributed by atoms with Gasteiger partial charge in [0.25, 0.3) is 5.91 Å². The average molecular weight is 394 g/mol. The first-order chi connectivity index (χ1) is 12.6. The van der Waals surface area contributed by atoms with E-state index < -0.39 is 23.3 Å². The number of halogens is 4. The molecule has 8 heteroatoms. The van der Waals surface area contributed by atoms with Crippen molar-refractivity contribution in [2.75, 3.05) is 5.32 Å². The molecule has 0 bridgehead atoms. The van der Waals surface area contributed by atoms with Crippen molar-refractivity contribution in [1.29, 1.82) is 0 Å². The van der Waals surface area contributed by atoms with E-state index >= 15 is 0 Å². The fraction of sp³-hybridized carbons (Fsp3) is 0.158. The van der Waals surface area contributed by atoms with Crippen molar-refractivity contribution in [2.45, 2.75) is 20.0 Å². The molecule has 2 aromatic carbocycles. The molecule has 3 aromatic rings. The van der Waals surface area contributed by atoms with E-state index in [-0.39, 0.29) is 10.7 Å². The molecule has 0 spiro atoms. The van der Waals surface area contributed by atoms with Gasteiger partial charge in [-0.1, -0.05) is 23.7 Å². The summed E-state index contributed by atoms with van der Waals surface area (Å²) in [5, 5.41) is 6.54. The molecule has 0 saturated heterocycles. The molecular weight excluding hydrogens is 379 g/mol. The van der Waals surface area contributed by atoms with Crippen molar-refractivity contribution < 1.29 is 18.0 Å². The van der Waals surface area contributed by atoms with Crippen LogP contribution in [0.4, 0.5) is 18.9 Å². The van der Waals surface area contributed by atoms with E-state index in [1.54, 1.807) is 12.1 Å². The molecule has 0 unspecified atom stereocenters. The van der Waals surface area contributed by atoms with Crippen molar-refractivity contribution in [3.05, 3.63) is 76.1 Å². The smallest absolute Gasteiger partial charge is 0.322 e. The van der Waals surface area contributed by atoms with Gasteiger partial charge in [0.1, 0.15) is 0 Å². The normalized spacial score (nSPS) is 11.5. The quantitative estimate of drug-likeness (QED) is 0.646. The Morgan fingerprint density at radius 1 is 1.11 bits per heavy atom. The number of nitrogens with one attached hydrogen (secondary N) is 1. The largest absolute Gasteiger partial charge is 0.434 e. The minimum Gasteiger partial charge on any atom is -0.322 e. The number of hydrogen-bond acceptors (Lipinski definition) is 2. The van der Waals surface area contributed by atoms with Crippen molar-refractivity contribution in [2.24, 2.45) is 0 Å². The lowest BCUT2D eigenvalue weighted by Crippen LogP contribution is -2.20. The lowest BCUT2D eigenvalue weighted by molar-refractivity contribution is -0.143. The fourth-order valence-corrected chi connectivity index (χ4v) is 3.02. The Balaban J connectivity index is 2.04. The Morgan fingerprint density at radius 3 is 2.37 bits per heavy atom. The Hall–Kier alpha value is -2.80. The number of aromatic nitrogens is 2. The number of hydrogen-bond donors (Lipinski definition) is 1. The zero-order chi connectivity index (χ0) is 19.8. The lowest BCUT2D eigenvalue weighted by atomic mass is 10.1. The summed E-state index contributed by atoms with van der Waals surface area (Å²) in [5.41, 5.74) is 0.571. The highest BCUT2D eigenvalue weighted by atomic mass is 35.5. The zero-order valence-electron chi connectivity index (χ0n) is 14.4. The minimum absolute atomic E-state index is 0.111. The maximum atomic E-state index is 13.7. The average Bonchev–Trinajstić information content (AvgIpc) is 2.99. The van der Waals surface area contributed by atoms with E-state index in [1.807, 2.05) is 19.9 Å². The maximum absolute atomic E-state index is 13.7. The molecular formula is C19H15ClF3N3O. The number of alkyl halides is 3. The maximum Gasteiger partial charge on any atom is 0.434 e. The van der Waals surface area contributed by atoms with Crippen LogP contribution in [0.25, 0.3) is 5.69 Å². The Labute approximate surface area is 158 Å². The van der Waals surface area contributed by atoms with Crippen LogP contribution in [-0.2, 0) is 6.18 Å². The highest BCUT2D eigenvalue weighted by Gasteiger charge is 2.40. The molecule has 0 aliphatic rings. The van der Waals surface area contributed by atoms with Crippen LogP contribution in [0, 0.1) is 13.8 Å². The van der Waals surface area contributed by atoms with Crippen molar-refractivity contribution in [3.63, 3.8) is 0 Å². The van der Waals surface area contributed by atoms with E-state index in [0.717, 1.165) is 17.3 Å². The van der Waals surface area contributed by atoms with Gasteiger partial charge >= 0.3 is 6.18 Å². The third-order valence-corrected chi connectivity index (χ3v) is 4.05. The molecule has 1 amide bonds. The van der Waals surface area contributed by atoms with Crippen LogP contribution in [0.1, 0.15) is 27.2 Å². The molecule has 1 aromatic heterocycles. The van der Waals surface area contributed by atoms with E-state index in [1.165, 1.54) is 24.3 Å². The van der Waals surface area contributed by atoms with E-state index in [4.69, 9.17) is 11.6 Å². The summed E-state index contributed by atoms with van der Waals surface area (Å²) in [6, 6.07) is 11.1. The molecule has 140 valence electrons. The third-order valence-electron chi connectivity index (χ3n) is 3.81. The highest BCUT2D eigenvalue weighted by Crippen LogP contribution is 2.34. The summed E-state index contributed by atoms with van der Waals surface area (Å²) < 4.78 is 41.7. The number of benzene rings is 2. The van der Waals surface area contributed by atoms with Gasteiger partial charge in [0.2, 0.25) is 0 Å². The second-order valence-electron chi connectivity index (χ2n) is 6.13. The summed E-state index contributed by atoms with van der Waals surface area (Å²) in [6.45, 7) is 3.67. The molecule has 0 fully saturated rings. The zero-order valence-corrected chi connectivity index (χ0v) is 15.2. The van der Waals surface area contributed by atoms with Crippen LogP contribution >= 0.6 is 11.6 Å². The van der Waals surface area contributed by atoms with Crippen molar-refractivity contribution in [3.8, 4) is 5.69 Å². The van der Waals surface area contributed by atoms with E-state index in [2.05, 4.69) is 10.4 Å². The number of nitrogens with zero attached hydrogens (tertiary/aromatic N) is 2. The van der Waals surface area contributed by atoms with E-state index in [0.29, 0.717) is 10.4 Å². The molecule has 0 aliphatic carbocycles. The van der Waals surface area contributed by atoms with Crippen LogP contribution < -0.4 is 5.32 Å². The number of aryl methyl sites for hydroxylation is 2. The highest BCUT2D eigenvalue weighted by molar-refractivity contribution is 6.30. The molecule has 0 aliphatic heterocycles. The van der Waals surface area contributed by atoms with Gasteiger partial charge in [0.05, 0.1) is 17.4 Å². The lowest BCUT2D eigenvalue weighted by Gasteiger charge is -2.13. The third kappa shape index (κ3) is 4.14. The number of amides is 1. The van der Waals surface area contributed by atoms with Crippen molar-refractivity contribution >= 4 is 23.2 Å². The molecule has 3 rings (SSSR count). The second-order valence-corrected chi connectivity index (χ2v) is 6.56. The van der Waals surface area contributed by atoms with Crippen LogP contribution in [0.5, 0.6) is 0 Å². The summed E-state index contributed by atoms with van der Waals surface area (Å²) in [5.74, 6) is -0.888. The van der Waals surface area contributed by atoms with Crippen LogP contribution in [0.3, 0.4) is 0 Å². The van der Waals surface area contributed by atoms with Crippen molar-refractivity contribution in [1.82, 2.24) is 9.78 Å². The summed E-state index contributed by atoms with van der Waals surface area (Å²) in [6.07, 6.45) is -3.88. The summed E-state index contributed by atoms with van der Waals surface area (Å²) in [7, 11) is 0. The van der Waals surface area contributed by atoms with Crippen LogP contribution in [-0.4, -0.2) is 15.7 Å². The first kappa shape index (κ1) is 19.0. The first-order valence-electron chi connectivity index (χ1n) is 7.96. The number of carbonyl (C=O) groups excluding carboxylic acids is 1. The molecule has 4 nitrogen and oxygen atoms in total. The van der Waals surface area contributed by atoms with Gasteiger partial charge in [-0.25, -0.2) is 4.68 Å². The standard InChI is InChI=1S/C19H15ClF3N3O/c1-11-6-12(2)8-14(7-11)25-18(27)16-10-24-26(17(16)19(21,22)23)15-5-3-4-13(20)9-15/h3-10H,1-2H3,(H,25,27). The van der Waals surface area contributed by atoms with Gasteiger partial charge in [-0.05, 0) is 55.3 Å². The minimum atomic E-state index is -4.78. The number of anilines is 1. The molecule has 0 atom stereocenters. The fourth-order valence-electron chi connectivity index (χ4n) is 2.84.